The third-order valence-electron chi connectivity index (χ3n) is 6.84. The fourth-order valence-electron chi connectivity index (χ4n) is 5.25. The van der Waals surface area contributed by atoms with Crippen LogP contribution in [0.4, 0.5) is 11.4 Å². The molecule has 0 fully saturated rings. The number of hydrogen-bond acceptors (Lipinski definition) is 4. The number of rotatable bonds is 4. The Labute approximate surface area is 196 Å². The van der Waals surface area contributed by atoms with Crippen LogP contribution < -0.4 is 10.1 Å². The van der Waals surface area contributed by atoms with Crippen LogP contribution in [0.2, 0.25) is 0 Å². The lowest BCUT2D eigenvalue weighted by atomic mass is 9.88. The van der Waals surface area contributed by atoms with Crippen molar-refractivity contribution >= 4 is 33.2 Å². The summed E-state index contributed by atoms with van der Waals surface area (Å²) in [6.07, 6.45) is 0.792. The fourth-order valence-corrected chi connectivity index (χ4v) is 5.25. The van der Waals surface area contributed by atoms with Gasteiger partial charge in [-0.2, -0.15) is 0 Å². The molecule has 4 aromatic carbocycles. The maximum Gasteiger partial charge on any atom is 0.269 e. The number of nitrogens with one attached hydrogen (secondary N) is 1. The Morgan fingerprint density at radius 3 is 2.18 bits per heavy atom. The molecule has 0 amide bonds. The van der Waals surface area contributed by atoms with Gasteiger partial charge >= 0.3 is 0 Å². The van der Waals surface area contributed by atoms with Crippen LogP contribution in [0.15, 0.2) is 91.0 Å². The molecule has 6 nitrogen and oxygen atoms in total. The topological polar surface area (TPSA) is 69.3 Å². The van der Waals surface area contributed by atoms with Gasteiger partial charge in [-0.15, -0.1) is 0 Å². The predicted molar refractivity (Wildman–Crippen MR) is 135 cm³/mol. The highest BCUT2D eigenvalue weighted by molar-refractivity contribution is 6.08. The van der Waals surface area contributed by atoms with E-state index in [9.17, 15) is 10.1 Å². The molecular formula is C28H23N3O3. The maximum atomic E-state index is 11.1. The molecule has 1 N–H and O–H groups in total. The zero-order valence-electron chi connectivity index (χ0n) is 18.6. The van der Waals surface area contributed by atoms with Gasteiger partial charge in [0.05, 0.1) is 24.1 Å². The second-order valence-electron chi connectivity index (χ2n) is 8.65. The summed E-state index contributed by atoms with van der Waals surface area (Å²) in [5, 5.41) is 17.3. The van der Waals surface area contributed by atoms with E-state index in [4.69, 9.17) is 4.74 Å². The monoisotopic (exact) mass is 449 g/mol. The van der Waals surface area contributed by atoms with Crippen molar-refractivity contribution in [2.24, 2.45) is 0 Å². The third-order valence-corrected chi connectivity index (χ3v) is 6.84. The quantitative estimate of drug-likeness (QED) is 0.240. The minimum atomic E-state index is -0.361. The van der Waals surface area contributed by atoms with E-state index in [-0.39, 0.29) is 22.7 Å². The van der Waals surface area contributed by atoms with E-state index in [2.05, 4.69) is 70.5 Å². The van der Waals surface area contributed by atoms with Crippen molar-refractivity contribution in [1.29, 1.82) is 0 Å². The molecule has 0 bridgehead atoms. The summed E-state index contributed by atoms with van der Waals surface area (Å²) >= 11 is 0. The molecule has 0 spiro atoms. The largest absolute Gasteiger partial charge is 0.497 e. The van der Waals surface area contributed by atoms with Gasteiger partial charge in [-0.1, -0.05) is 48.5 Å². The van der Waals surface area contributed by atoms with E-state index >= 15 is 0 Å². The summed E-state index contributed by atoms with van der Waals surface area (Å²) in [6, 6.07) is 30.1. The summed E-state index contributed by atoms with van der Waals surface area (Å²) < 4.78 is 8.00. The standard InChI is InChI=1S/C28H23N3O3/c1-34-20-14-15-24-23(16-20)28(17-25(29-24)18-10-12-19(13-11-18)31(32)33)30-26-8-4-2-6-21(26)22-7-3-5-9-27(22)30/h2-16,25,28-29H,17H2,1H3/t25-,28-/m0/s1. The van der Waals surface area contributed by atoms with E-state index in [1.54, 1.807) is 19.2 Å². The number of para-hydroxylation sites is 2. The van der Waals surface area contributed by atoms with Crippen molar-refractivity contribution < 1.29 is 9.66 Å². The smallest absolute Gasteiger partial charge is 0.269 e. The van der Waals surface area contributed by atoms with E-state index in [0.717, 1.165) is 23.4 Å². The van der Waals surface area contributed by atoms with E-state index in [1.165, 1.54) is 27.4 Å². The highest BCUT2D eigenvalue weighted by atomic mass is 16.6. The molecule has 0 aliphatic carbocycles. The second kappa shape index (κ2) is 7.92. The molecule has 0 unspecified atom stereocenters. The molecule has 2 heterocycles. The lowest BCUT2D eigenvalue weighted by molar-refractivity contribution is -0.384. The lowest BCUT2D eigenvalue weighted by Gasteiger charge is -2.35. The number of nitro benzene ring substituents is 1. The fraction of sp³-hybridized carbons (Fsp3) is 0.143. The Balaban J connectivity index is 1.55. The number of hydrogen-bond donors (Lipinski definition) is 1. The van der Waals surface area contributed by atoms with Crippen molar-refractivity contribution in [3.63, 3.8) is 0 Å². The Morgan fingerprint density at radius 2 is 1.56 bits per heavy atom. The summed E-state index contributed by atoms with van der Waals surface area (Å²) in [5.41, 5.74) is 5.71. The van der Waals surface area contributed by atoms with E-state index < -0.39 is 0 Å². The first-order chi connectivity index (χ1) is 16.6. The molecule has 2 atom stereocenters. The first-order valence-corrected chi connectivity index (χ1v) is 11.3. The van der Waals surface area contributed by atoms with Gasteiger partial charge in [0, 0.05) is 45.2 Å². The molecule has 1 aromatic heterocycles. The number of benzene rings is 4. The summed E-state index contributed by atoms with van der Waals surface area (Å²) in [6.45, 7) is 0. The Hall–Kier alpha value is -4.32. The lowest BCUT2D eigenvalue weighted by Crippen LogP contribution is -2.25. The molecule has 0 saturated carbocycles. The third kappa shape index (κ3) is 3.18. The number of fused-ring (bicyclic) bond motifs is 4. The van der Waals surface area contributed by atoms with Crippen LogP contribution >= 0.6 is 0 Å². The van der Waals surface area contributed by atoms with Crippen molar-refractivity contribution in [2.75, 3.05) is 12.4 Å². The Bertz CT molecular complexity index is 1490. The number of aromatic nitrogens is 1. The predicted octanol–water partition coefficient (Wildman–Crippen LogP) is 6.86. The van der Waals surface area contributed by atoms with Gasteiger partial charge in [-0.05, 0) is 42.3 Å². The highest BCUT2D eigenvalue weighted by Gasteiger charge is 2.31. The van der Waals surface area contributed by atoms with Gasteiger partial charge in [0.2, 0.25) is 0 Å². The van der Waals surface area contributed by atoms with E-state index in [0.29, 0.717) is 0 Å². The number of anilines is 1. The normalized spacial score (nSPS) is 17.3. The molecular weight excluding hydrogens is 426 g/mol. The van der Waals surface area contributed by atoms with Crippen LogP contribution in [0.25, 0.3) is 21.8 Å². The molecule has 6 rings (SSSR count). The zero-order valence-corrected chi connectivity index (χ0v) is 18.6. The van der Waals surface area contributed by atoms with Crippen molar-refractivity contribution in [1.82, 2.24) is 4.57 Å². The molecule has 168 valence electrons. The minimum Gasteiger partial charge on any atom is -0.497 e. The molecule has 6 heteroatoms. The second-order valence-corrected chi connectivity index (χ2v) is 8.65. The number of nitro groups is 1. The summed E-state index contributed by atoms with van der Waals surface area (Å²) in [4.78, 5) is 10.8. The summed E-state index contributed by atoms with van der Waals surface area (Å²) in [7, 11) is 1.69. The number of nitrogens with zero attached hydrogens (tertiary/aromatic N) is 2. The molecule has 1 aliphatic rings. The van der Waals surface area contributed by atoms with Gasteiger partial charge in [0.1, 0.15) is 5.75 Å². The first kappa shape index (κ1) is 20.3. The maximum absolute atomic E-state index is 11.1. The Kier molecular flexibility index (Phi) is 4.73. The van der Waals surface area contributed by atoms with Crippen LogP contribution in [-0.2, 0) is 0 Å². The minimum absolute atomic E-state index is 0.00613. The van der Waals surface area contributed by atoms with Crippen LogP contribution in [0, 0.1) is 10.1 Å². The molecule has 0 saturated heterocycles. The Morgan fingerprint density at radius 1 is 0.912 bits per heavy atom. The number of non-ortho nitro benzene ring substituents is 1. The average molecular weight is 450 g/mol. The van der Waals surface area contributed by atoms with Crippen LogP contribution in [0.5, 0.6) is 5.75 Å². The summed E-state index contributed by atoms with van der Waals surface area (Å²) in [5.74, 6) is 0.820. The van der Waals surface area contributed by atoms with Gasteiger partial charge in [-0.3, -0.25) is 10.1 Å². The van der Waals surface area contributed by atoms with Crippen LogP contribution in [-0.4, -0.2) is 16.6 Å². The van der Waals surface area contributed by atoms with Crippen molar-refractivity contribution in [2.45, 2.75) is 18.5 Å². The molecule has 34 heavy (non-hydrogen) atoms. The molecule has 5 aromatic rings. The zero-order chi connectivity index (χ0) is 23.2. The van der Waals surface area contributed by atoms with E-state index in [1.807, 2.05) is 18.2 Å². The average Bonchev–Trinajstić information content (AvgIpc) is 3.22. The van der Waals surface area contributed by atoms with Gasteiger partial charge in [-0.25, -0.2) is 0 Å². The number of methoxy groups -OCH3 is 1. The SMILES string of the molecule is COc1ccc2c(c1)[C@@H](n1c3ccccc3c3ccccc31)C[C@@H](c1ccc([N+](=O)[O-])cc1)N2. The van der Waals surface area contributed by atoms with Crippen LogP contribution in [0.3, 0.4) is 0 Å². The van der Waals surface area contributed by atoms with Gasteiger partial charge < -0.3 is 14.6 Å². The molecule has 0 radical (unpaired) electrons. The van der Waals surface area contributed by atoms with Crippen molar-refractivity contribution in [3.05, 3.63) is 112 Å². The van der Waals surface area contributed by atoms with Crippen LogP contribution in [0.1, 0.15) is 29.6 Å². The number of ether oxygens (including phenoxy) is 1. The first-order valence-electron chi connectivity index (χ1n) is 11.3. The van der Waals surface area contributed by atoms with Crippen molar-refractivity contribution in [3.8, 4) is 5.75 Å². The van der Waals surface area contributed by atoms with Gasteiger partial charge in [0.25, 0.3) is 5.69 Å². The van der Waals surface area contributed by atoms with Gasteiger partial charge in [0.15, 0.2) is 0 Å². The highest BCUT2D eigenvalue weighted by Crippen LogP contribution is 2.45. The molecule has 1 aliphatic heterocycles.